The van der Waals surface area contributed by atoms with Crippen LogP contribution in [0, 0.1) is 6.92 Å². The van der Waals surface area contributed by atoms with E-state index in [1.807, 2.05) is 30.3 Å². The van der Waals surface area contributed by atoms with Crippen LogP contribution in [-0.2, 0) is 24.5 Å². The lowest BCUT2D eigenvalue weighted by molar-refractivity contribution is -0.189. The van der Waals surface area contributed by atoms with Crippen LogP contribution in [0.4, 0.5) is 13.2 Å². The van der Waals surface area contributed by atoms with Crippen LogP contribution in [0.2, 0.25) is 5.02 Å². The number of aromatic nitrogens is 5. The summed E-state index contributed by atoms with van der Waals surface area (Å²) in [4.78, 5) is 21.7. The number of nitrogens with zero attached hydrogens (tertiary/aromatic N) is 5. The number of fused-ring (bicyclic) bond motifs is 1. The third kappa shape index (κ3) is 6.65. The summed E-state index contributed by atoms with van der Waals surface area (Å²) in [7, 11) is 0. The van der Waals surface area contributed by atoms with E-state index in [0.29, 0.717) is 30.1 Å². The van der Waals surface area contributed by atoms with Crippen molar-refractivity contribution in [3.8, 4) is 23.1 Å². The van der Waals surface area contributed by atoms with Crippen LogP contribution in [0.15, 0.2) is 71.8 Å². The maximum absolute atomic E-state index is 13.6. The number of pyridine rings is 2. The van der Waals surface area contributed by atoms with Gasteiger partial charge in [-0.1, -0.05) is 41.9 Å². The molecule has 0 aliphatic rings. The zero-order chi connectivity index (χ0) is 30.7. The van der Waals surface area contributed by atoms with Crippen molar-refractivity contribution in [2.45, 2.75) is 52.8 Å². The zero-order valence-corrected chi connectivity index (χ0v) is 24.2. The first kappa shape index (κ1) is 30.1. The molecule has 9 nitrogen and oxygen atoms in total. The number of rotatable bonds is 10. The van der Waals surface area contributed by atoms with Gasteiger partial charge in [-0.3, -0.25) is 9.55 Å². The lowest BCUT2D eigenvalue weighted by Gasteiger charge is -2.20. The topological polar surface area (TPSA) is 93.3 Å². The van der Waals surface area contributed by atoms with Gasteiger partial charge < -0.3 is 14.2 Å². The quantitative estimate of drug-likeness (QED) is 0.171. The minimum atomic E-state index is -4.67. The van der Waals surface area contributed by atoms with Gasteiger partial charge in [0.15, 0.2) is 17.7 Å². The predicted octanol–water partition coefficient (Wildman–Crippen LogP) is 6.80. The number of alkyl halides is 3. The van der Waals surface area contributed by atoms with Crippen LogP contribution in [0.3, 0.4) is 0 Å². The molecule has 0 bridgehead atoms. The first-order valence-corrected chi connectivity index (χ1v) is 13.7. The molecule has 0 aliphatic carbocycles. The molecule has 13 heteroatoms. The van der Waals surface area contributed by atoms with Crippen molar-refractivity contribution in [3.63, 3.8) is 0 Å². The van der Waals surface area contributed by atoms with Crippen LogP contribution < -0.4 is 15.2 Å². The molecule has 5 aromatic rings. The summed E-state index contributed by atoms with van der Waals surface area (Å²) in [5.41, 5.74) is 1.27. The second-order valence-electron chi connectivity index (χ2n) is 9.65. The van der Waals surface area contributed by atoms with E-state index in [4.69, 9.17) is 25.8 Å². The van der Waals surface area contributed by atoms with Gasteiger partial charge in [0.1, 0.15) is 17.4 Å². The first-order chi connectivity index (χ1) is 20.5. The van der Waals surface area contributed by atoms with E-state index in [0.717, 1.165) is 17.2 Å². The number of ether oxygens (including phenoxy) is 3. The highest BCUT2D eigenvalue weighted by molar-refractivity contribution is 6.31. The summed E-state index contributed by atoms with van der Waals surface area (Å²) in [5, 5.41) is 5.20. The van der Waals surface area contributed by atoms with E-state index in [2.05, 4.69) is 15.1 Å². The highest BCUT2D eigenvalue weighted by Crippen LogP contribution is 2.40. The van der Waals surface area contributed by atoms with Gasteiger partial charge in [-0.05, 0) is 43.9 Å². The fraction of sp³-hybridized carbons (Fsp3) is 0.267. The van der Waals surface area contributed by atoms with Gasteiger partial charge in [0.2, 0.25) is 5.88 Å². The van der Waals surface area contributed by atoms with Crippen molar-refractivity contribution in [3.05, 3.63) is 99.6 Å². The van der Waals surface area contributed by atoms with Crippen molar-refractivity contribution < 1.29 is 27.4 Å². The normalized spacial score (nSPS) is 12.4. The molecule has 3 heterocycles. The lowest BCUT2D eigenvalue weighted by atomic mass is 10.1. The standard InChI is InChI=1S/C30H27ClF3N5O4/c1-4-38-26(17-41-16-20-8-6-5-7-9-20)37-39(29(38)40)22-13-21-10-11-35-28(43-24-12-18(2)36-15-23(24)31)27(21)25(14-22)42-19(3)30(32,33)34/h5-15,19H,4,16-17H2,1-3H3/t19-/m0/s1. The Hall–Kier alpha value is -4.42. The zero-order valence-electron chi connectivity index (χ0n) is 23.4. The summed E-state index contributed by atoms with van der Waals surface area (Å²) in [6, 6.07) is 15.6. The van der Waals surface area contributed by atoms with Gasteiger partial charge >= 0.3 is 11.9 Å². The maximum Gasteiger partial charge on any atom is 0.425 e. The van der Waals surface area contributed by atoms with Crippen molar-refractivity contribution in [2.75, 3.05) is 0 Å². The highest BCUT2D eigenvalue weighted by Gasteiger charge is 2.38. The van der Waals surface area contributed by atoms with E-state index in [1.54, 1.807) is 32.0 Å². The third-order valence-corrected chi connectivity index (χ3v) is 6.83. The summed E-state index contributed by atoms with van der Waals surface area (Å²) < 4.78 is 60.6. The van der Waals surface area contributed by atoms with E-state index >= 15 is 0 Å². The van der Waals surface area contributed by atoms with E-state index < -0.39 is 18.0 Å². The average molecular weight is 614 g/mol. The molecule has 0 spiro atoms. The maximum atomic E-state index is 13.6. The molecule has 0 aliphatic heterocycles. The van der Waals surface area contributed by atoms with Gasteiger partial charge in [-0.25, -0.2) is 9.78 Å². The fourth-order valence-electron chi connectivity index (χ4n) is 4.35. The molecule has 224 valence electrons. The SMILES string of the molecule is CCn1c(COCc2ccccc2)nn(-c2cc(O[C@@H](C)C(F)(F)F)c3c(Oc4cc(C)ncc4Cl)nccc3c2)c1=O. The second kappa shape index (κ2) is 12.4. The number of benzene rings is 2. The minimum absolute atomic E-state index is 0.0395. The molecule has 0 unspecified atom stereocenters. The molecule has 0 fully saturated rings. The molecule has 2 aromatic carbocycles. The van der Waals surface area contributed by atoms with Crippen molar-refractivity contribution >= 4 is 22.4 Å². The van der Waals surface area contributed by atoms with Crippen LogP contribution in [-0.4, -0.2) is 36.6 Å². The number of aryl methyl sites for hydroxylation is 1. The van der Waals surface area contributed by atoms with Gasteiger partial charge in [-0.2, -0.15) is 17.9 Å². The Bertz CT molecular complexity index is 1810. The Morgan fingerprint density at radius 2 is 1.79 bits per heavy atom. The lowest BCUT2D eigenvalue weighted by Crippen LogP contribution is -2.31. The van der Waals surface area contributed by atoms with Crippen LogP contribution in [0.5, 0.6) is 17.4 Å². The first-order valence-electron chi connectivity index (χ1n) is 13.3. The average Bonchev–Trinajstić information content (AvgIpc) is 3.29. The highest BCUT2D eigenvalue weighted by atomic mass is 35.5. The molecule has 43 heavy (non-hydrogen) atoms. The molecule has 0 amide bonds. The van der Waals surface area contributed by atoms with Crippen molar-refractivity contribution in [1.82, 2.24) is 24.3 Å². The summed E-state index contributed by atoms with van der Waals surface area (Å²) >= 11 is 6.25. The van der Waals surface area contributed by atoms with Crippen LogP contribution >= 0.6 is 11.6 Å². The Morgan fingerprint density at radius 1 is 1.02 bits per heavy atom. The number of hydrogen-bond acceptors (Lipinski definition) is 7. The van der Waals surface area contributed by atoms with Crippen molar-refractivity contribution in [2.24, 2.45) is 0 Å². The van der Waals surface area contributed by atoms with Gasteiger partial charge in [-0.15, -0.1) is 5.10 Å². The number of halogens is 4. The molecule has 3 aromatic heterocycles. The molecule has 0 N–H and O–H groups in total. The Morgan fingerprint density at radius 3 is 2.51 bits per heavy atom. The summed E-state index contributed by atoms with van der Waals surface area (Å²) in [6.45, 7) is 5.07. The molecular weight excluding hydrogens is 587 g/mol. The van der Waals surface area contributed by atoms with E-state index in [1.165, 1.54) is 23.0 Å². The largest absolute Gasteiger partial charge is 0.480 e. The van der Waals surface area contributed by atoms with Gasteiger partial charge in [0.05, 0.1) is 17.7 Å². The molecule has 0 saturated heterocycles. The van der Waals surface area contributed by atoms with E-state index in [9.17, 15) is 18.0 Å². The molecular formula is C30H27ClF3N5O4. The molecule has 0 saturated carbocycles. The second-order valence-corrected chi connectivity index (χ2v) is 10.1. The summed E-state index contributed by atoms with van der Waals surface area (Å²) in [5.74, 6) is 0.326. The van der Waals surface area contributed by atoms with E-state index in [-0.39, 0.29) is 40.1 Å². The van der Waals surface area contributed by atoms with Gasteiger partial charge in [0, 0.05) is 36.8 Å². The Balaban J connectivity index is 1.58. The monoisotopic (exact) mass is 613 g/mol. The van der Waals surface area contributed by atoms with Crippen LogP contribution in [0.25, 0.3) is 16.5 Å². The molecule has 1 atom stereocenters. The molecule has 5 rings (SSSR count). The Labute approximate surface area is 249 Å². The number of hydrogen-bond donors (Lipinski definition) is 0. The third-order valence-electron chi connectivity index (χ3n) is 6.55. The Kier molecular flexibility index (Phi) is 8.69. The fourth-order valence-corrected chi connectivity index (χ4v) is 4.49. The van der Waals surface area contributed by atoms with Gasteiger partial charge in [0.25, 0.3) is 0 Å². The minimum Gasteiger partial charge on any atom is -0.480 e. The van der Waals surface area contributed by atoms with Crippen molar-refractivity contribution in [1.29, 1.82) is 0 Å². The predicted molar refractivity (Wildman–Crippen MR) is 154 cm³/mol. The smallest absolute Gasteiger partial charge is 0.425 e. The molecule has 0 radical (unpaired) electrons. The summed E-state index contributed by atoms with van der Waals surface area (Å²) in [6.07, 6.45) is -4.02. The van der Waals surface area contributed by atoms with Crippen LogP contribution in [0.1, 0.15) is 30.9 Å².